The Balaban J connectivity index is 1.79. The third-order valence-corrected chi connectivity index (χ3v) is 4.07. The predicted octanol–water partition coefficient (Wildman–Crippen LogP) is 2.31. The second kappa shape index (κ2) is 8.77. The quantitative estimate of drug-likeness (QED) is 0.645. The van der Waals surface area contributed by atoms with Gasteiger partial charge in [0.25, 0.3) is 0 Å². The highest BCUT2D eigenvalue weighted by atomic mass is 16.5. The van der Waals surface area contributed by atoms with Gasteiger partial charge in [0.2, 0.25) is 0 Å². The number of nitrogens with one attached hydrogen (secondary N) is 1. The molecule has 128 valence electrons. The van der Waals surface area contributed by atoms with Crippen LogP contribution in [-0.2, 0) is 4.74 Å². The normalized spacial score (nSPS) is 19.7. The number of hydrogen-bond acceptors (Lipinski definition) is 3. The van der Waals surface area contributed by atoms with E-state index in [1.54, 1.807) is 7.11 Å². The van der Waals surface area contributed by atoms with Gasteiger partial charge in [-0.2, -0.15) is 0 Å². The summed E-state index contributed by atoms with van der Waals surface area (Å²) >= 11 is 0. The molecular formula is C18H29N3O2. The van der Waals surface area contributed by atoms with Gasteiger partial charge in [-0.15, -0.1) is 0 Å². The van der Waals surface area contributed by atoms with Crippen molar-refractivity contribution < 1.29 is 9.47 Å². The van der Waals surface area contributed by atoms with Crippen LogP contribution in [0, 0.1) is 12.8 Å². The van der Waals surface area contributed by atoms with Crippen LogP contribution in [0.3, 0.4) is 0 Å². The molecule has 0 amide bonds. The first-order valence-corrected chi connectivity index (χ1v) is 8.30. The van der Waals surface area contributed by atoms with Gasteiger partial charge in [-0.1, -0.05) is 12.1 Å². The van der Waals surface area contributed by atoms with Crippen molar-refractivity contribution in [2.75, 3.05) is 40.4 Å². The maximum atomic E-state index is 5.96. The largest absolute Gasteiger partial charge is 0.489 e. The van der Waals surface area contributed by atoms with Gasteiger partial charge in [0, 0.05) is 33.2 Å². The highest BCUT2D eigenvalue weighted by Gasteiger charge is 2.24. The predicted molar refractivity (Wildman–Crippen MR) is 94.2 cm³/mol. The number of aliphatic imine (C=N–C) groups is 1. The van der Waals surface area contributed by atoms with Crippen molar-refractivity contribution >= 4 is 5.96 Å². The third-order valence-electron chi connectivity index (χ3n) is 4.07. The summed E-state index contributed by atoms with van der Waals surface area (Å²) in [6.45, 7) is 7.72. The van der Waals surface area contributed by atoms with Crippen LogP contribution >= 0.6 is 0 Å². The number of benzene rings is 1. The van der Waals surface area contributed by atoms with Crippen molar-refractivity contribution in [2.45, 2.75) is 26.4 Å². The highest BCUT2D eigenvalue weighted by molar-refractivity contribution is 5.80. The first-order chi connectivity index (χ1) is 11.1. The first-order valence-electron chi connectivity index (χ1n) is 8.30. The SMILES string of the molecule is CN=C(NCC(C)Oc1cccc(C)c1)N1CCC(COC)C1. The minimum absolute atomic E-state index is 0.0749. The van der Waals surface area contributed by atoms with E-state index in [1.165, 1.54) is 5.56 Å². The third kappa shape index (κ3) is 5.43. The number of aryl methyl sites for hydroxylation is 1. The monoisotopic (exact) mass is 319 g/mol. The molecule has 0 aliphatic carbocycles. The fourth-order valence-corrected chi connectivity index (χ4v) is 2.93. The zero-order valence-electron chi connectivity index (χ0n) is 14.7. The first kappa shape index (κ1) is 17.6. The molecule has 1 aromatic carbocycles. The average molecular weight is 319 g/mol. The molecular weight excluding hydrogens is 290 g/mol. The second-order valence-electron chi connectivity index (χ2n) is 6.23. The molecule has 1 heterocycles. The summed E-state index contributed by atoms with van der Waals surface area (Å²) in [5.41, 5.74) is 1.21. The van der Waals surface area contributed by atoms with Crippen molar-refractivity contribution in [1.82, 2.24) is 10.2 Å². The van der Waals surface area contributed by atoms with Gasteiger partial charge in [0.15, 0.2) is 5.96 Å². The molecule has 2 atom stereocenters. The molecule has 2 unspecified atom stereocenters. The van der Waals surface area contributed by atoms with Crippen LogP contribution in [0.4, 0.5) is 0 Å². The second-order valence-corrected chi connectivity index (χ2v) is 6.23. The maximum Gasteiger partial charge on any atom is 0.193 e. The number of ether oxygens (including phenoxy) is 2. The number of methoxy groups -OCH3 is 1. The molecule has 0 bridgehead atoms. The molecule has 0 aromatic heterocycles. The van der Waals surface area contributed by atoms with Crippen LogP contribution in [0.15, 0.2) is 29.3 Å². The molecule has 1 aliphatic rings. The Morgan fingerprint density at radius 1 is 1.48 bits per heavy atom. The Morgan fingerprint density at radius 3 is 3.00 bits per heavy atom. The van der Waals surface area contributed by atoms with E-state index in [0.717, 1.165) is 44.4 Å². The number of guanidine groups is 1. The van der Waals surface area contributed by atoms with Crippen LogP contribution in [-0.4, -0.2) is 57.4 Å². The molecule has 0 radical (unpaired) electrons. The van der Waals surface area contributed by atoms with Crippen molar-refractivity contribution in [3.63, 3.8) is 0 Å². The maximum absolute atomic E-state index is 5.96. The summed E-state index contributed by atoms with van der Waals surface area (Å²) in [7, 11) is 3.60. The fourth-order valence-electron chi connectivity index (χ4n) is 2.93. The van der Waals surface area contributed by atoms with Crippen LogP contribution in [0.5, 0.6) is 5.75 Å². The molecule has 1 aliphatic heterocycles. The van der Waals surface area contributed by atoms with E-state index >= 15 is 0 Å². The molecule has 5 nitrogen and oxygen atoms in total. The van der Waals surface area contributed by atoms with Crippen LogP contribution in [0.25, 0.3) is 0 Å². The minimum Gasteiger partial charge on any atom is -0.489 e. The minimum atomic E-state index is 0.0749. The topological polar surface area (TPSA) is 46.1 Å². The van der Waals surface area contributed by atoms with E-state index in [-0.39, 0.29) is 6.10 Å². The lowest BCUT2D eigenvalue weighted by Crippen LogP contribution is -2.43. The summed E-state index contributed by atoms with van der Waals surface area (Å²) in [6, 6.07) is 8.14. The van der Waals surface area contributed by atoms with Crippen molar-refractivity contribution in [3.8, 4) is 5.75 Å². The average Bonchev–Trinajstić information content (AvgIpc) is 2.97. The highest BCUT2D eigenvalue weighted by Crippen LogP contribution is 2.17. The van der Waals surface area contributed by atoms with E-state index < -0.39 is 0 Å². The van der Waals surface area contributed by atoms with Gasteiger partial charge in [0.1, 0.15) is 11.9 Å². The summed E-state index contributed by atoms with van der Waals surface area (Å²) in [5, 5.41) is 3.42. The molecule has 1 N–H and O–H groups in total. The molecule has 1 fully saturated rings. The number of hydrogen-bond donors (Lipinski definition) is 1. The molecule has 23 heavy (non-hydrogen) atoms. The summed E-state index contributed by atoms with van der Waals surface area (Å²) in [6.07, 6.45) is 1.23. The summed E-state index contributed by atoms with van der Waals surface area (Å²) in [5.74, 6) is 2.46. The van der Waals surface area contributed by atoms with Crippen molar-refractivity contribution in [1.29, 1.82) is 0 Å². The van der Waals surface area contributed by atoms with Crippen LogP contribution in [0.1, 0.15) is 18.9 Å². The molecule has 1 aromatic rings. The van der Waals surface area contributed by atoms with Gasteiger partial charge in [-0.25, -0.2) is 0 Å². The summed E-state index contributed by atoms with van der Waals surface area (Å²) < 4.78 is 11.2. The van der Waals surface area contributed by atoms with Gasteiger partial charge < -0.3 is 19.7 Å². The van der Waals surface area contributed by atoms with Gasteiger partial charge >= 0.3 is 0 Å². The van der Waals surface area contributed by atoms with Gasteiger partial charge in [0.05, 0.1) is 13.2 Å². The zero-order chi connectivity index (χ0) is 16.7. The Bertz CT molecular complexity index is 519. The lowest BCUT2D eigenvalue weighted by atomic mass is 10.1. The van der Waals surface area contributed by atoms with E-state index in [4.69, 9.17) is 9.47 Å². The van der Waals surface area contributed by atoms with E-state index in [2.05, 4.69) is 41.2 Å². The number of likely N-dealkylation sites (tertiary alicyclic amines) is 1. The molecule has 0 spiro atoms. The Kier molecular flexibility index (Phi) is 6.71. The van der Waals surface area contributed by atoms with E-state index in [0.29, 0.717) is 5.92 Å². The van der Waals surface area contributed by atoms with Crippen molar-refractivity contribution in [3.05, 3.63) is 29.8 Å². The number of rotatable bonds is 6. The smallest absolute Gasteiger partial charge is 0.193 e. The Morgan fingerprint density at radius 2 is 2.30 bits per heavy atom. The van der Waals surface area contributed by atoms with Crippen LogP contribution in [0.2, 0.25) is 0 Å². The molecule has 0 saturated carbocycles. The molecule has 1 saturated heterocycles. The lowest BCUT2D eigenvalue weighted by Gasteiger charge is -2.23. The molecule has 5 heteroatoms. The standard InChI is InChI=1S/C18H29N3O2/c1-14-6-5-7-17(10-14)23-15(2)11-20-18(19-3)21-9-8-16(12-21)13-22-4/h5-7,10,15-16H,8-9,11-13H2,1-4H3,(H,19,20). The van der Waals surface area contributed by atoms with Gasteiger partial charge in [-0.05, 0) is 38.0 Å². The molecule has 2 rings (SSSR count). The lowest BCUT2D eigenvalue weighted by molar-refractivity contribution is 0.157. The summed E-state index contributed by atoms with van der Waals surface area (Å²) in [4.78, 5) is 6.69. The van der Waals surface area contributed by atoms with E-state index in [1.807, 2.05) is 19.2 Å². The van der Waals surface area contributed by atoms with Gasteiger partial charge in [-0.3, -0.25) is 4.99 Å². The Hall–Kier alpha value is -1.75. The van der Waals surface area contributed by atoms with Crippen LogP contribution < -0.4 is 10.1 Å². The van der Waals surface area contributed by atoms with Crippen molar-refractivity contribution in [2.24, 2.45) is 10.9 Å². The van der Waals surface area contributed by atoms with E-state index in [9.17, 15) is 0 Å². The fraction of sp³-hybridized carbons (Fsp3) is 0.611. The Labute approximate surface area is 139 Å². The zero-order valence-corrected chi connectivity index (χ0v) is 14.7. The number of nitrogens with zero attached hydrogens (tertiary/aromatic N) is 2.